The van der Waals surface area contributed by atoms with Gasteiger partial charge in [0.25, 0.3) is 11.8 Å². The van der Waals surface area contributed by atoms with E-state index in [1.807, 2.05) is 0 Å². The van der Waals surface area contributed by atoms with E-state index in [0.29, 0.717) is 0 Å². The van der Waals surface area contributed by atoms with E-state index in [1.54, 1.807) is 0 Å². The number of aromatic amines is 1. The molecule has 2 atom stereocenters. The van der Waals surface area contributed by atoms with Crippen molar-refractivity contribution in [2.24, 2.45) is 5.16 Å². The second kappa shape index (κ2) is 10.2. The smallest absolute Gasteiger partial charge is 0.543 e. The maximum absolute atomic E-state index is 12.6. The number of carbonyl (C=O) groups is 4. The van der Waals surface area contributed by atoms with Crippen molar-refractivity contribution < 1.29 is 63.4 Å². The molecule has 31 heavy (non-hydrogen) atoms. The summed E-state index contributed by atoms with van der Waals surface area (Å²) >= 11 is 1.21. The minimum absolute atomic E-state index is 0. The van der Waals surface area contributed by atoms with Crippen LogP contribution in [0.5, 0.6) is 0 Å². The first-order valence-corrected chi connectivity index (χ1v) is 9.53. The number of carboxylic acid groups (broad SMARTS) is 1. The largest absolute Gasteiger partial charge is 1.00 e. The predicted molar refractivity (Wildman–Crippen MR) is 100 cm³/mol. The maximum atomic E-state index is 12.6. The number of aromatic nitrogens is 2. The number of amides is 2. The number of aliphatic carboxylic acids is 1. The number of imidazole rings is 1. The van der Waals surface area contributed by atoms with Gasteiger partial charge in [-0.15, -0.1) is 11.8 Å². The quantitative estimate of drug-likeness (QED) is 0.116. The van der Waals surface area contributed by atoms with E-state index in [2.05, 4.69) is 25.3 Å². The van der Waals surface area contributed by atoms with E-state index in [-0.39, 0.29) is 70.5 Å². The number of carboxylic acids is 1. The van der Waals surface area contributed by atoms with Crippen LogP contribution in [0.25, 0.3) is 0 Å². The fourth-order valence-corrected chi connectivity index (χ4v) is 4.27. The molecule has 15 heteroatoms. The summed E-state index contributed by atoms with van der Waals surface area (Å²) in [6.07, 6.45) is 1.27. The van der Waals surface area contributed by atoms with Crippen molar-refractivity contribution >= 4 is 47.2 Å². The van der Waals surface area contributed by atoms with Crippen LogP contribution in [0.4, 0.5) is 5.95 Å². The molecule has 0 spiro atoms. The molecule has 2 unspecified atom stereocenters. The number of hydrogen-bond donors (Lipinski definition) is 3. The van der Waals surface area contributed by atoms with Gasteiger partial charge in [0, 0.05) is 18.2 Å². The van der Waals surface area contributed by atoms with Crippen LogP contribution >= 0.6 is 11.8 Å². The number of esters is 1. The van der Waals surface area contributed by atoms with Gasteiger partial charge in [0.15, 0.2) is 11.7 Å². The molecule has 1 aromatic heterocycles. The molecule has 160 valence electrons. The standard InChI is InChI=1S/C16H18N6O7S.Na/c1-6(23)29-4-7-5-30-14-10(13(25)22(14)11(7)15(26)27)20-12(24)9(21-28-2)8-3-18-16(17)19-8;/h3,10,14H,4-5H2,1-2H3,(H,20,24)(H,26,27)(H3,17,18,19);/q;+1/p-1/b21-9+;. The van der Waals surface area contributed by atoms with Gasteiger partial charge in [0.05, 0.1) is 23.6 Å². The van der Waals surface area contributed by atoms with Gasteiger partial charge >= 0.3 is 35.5 Å². The number of oxime groups is 1. The SMILES string of the molecule is CO/N=C(/C(=O)NC1C(=O)N2C(C(=O)[O-])=C(COC(C)=O)CSC12)c1cnc(N)[nH]1.[Na+]. The van der Waals surface area contributed by atoms with Gasteiger partial charge in [-0.05, 0) is 0 Å². The Morgan fingerprint density at radius 1 is 1.48 bits per heavy atom. The van der Waals surface area contributed by atoms with E-state index in [4.69, 9.17) is 10.5 Å². The van der Waals surface area contributed by atoms with Crippen molar-refractivity contribution in [1.82, 2.24) is 20.2 Å². The summed E-state index contributed by atoms with van der Waals surface area (Å²) in [6, 6.07) is -1.01. The van der Waals surface area contributed by atoms with Crippen LogP contribution in [0.15, 0.2) is 22.6 Å². The maximum Gasteiger partial charge on any atom is 1.00 e. The number of anilines is 1. The number of hydrogen-bond acceptors (Lipinski definition) is 11. The molecule has 13 nitrogen and oxygen atoms in total. The zero-order chi connectivity index (χ0) is 22.0. The fourth-order valence-electron chi connectivity index (χ4n) is 2.94. The number of ether oxygens (including phenoxy) is 1. The topological polar surface area (TPSA) is 192 Å². The molecule has 0 saturated carbocycles. The normalized spacial score (nSPS) is 20.3. The minimum atomic E-state index is -1.57. The van der Waals surface area contributed by atoms with E-state index in [1.165, 1.54) is 32.0 Å². The van der Waals surface area contributed by atoms with Crippen LogP contribution in [0.3, 0.4) is 0 Å². The number of nitrogens with two attached hydrogens (primary N) is 1. The van der Waals surface area contributed by atoms with E-state index < -0.39 is 35.2 Å². The summed E-state index contributed by atoms with van der Waals surface area (Å²) in [5, 5.41) is 17.1. The second-order valence-electron chi connectivity index (χ2n) is 6.19. The Labute approximate surface area is 202 Å². The molecule has 3 rings (SSSR count). The Morgan fingerprint density at radius 3 is 2.74 bits per heavy atom. The van der Waals surface area contributed by atoms with Crippen LogP contribution < -0.4 is 45.7 Å². The van der Waals surface area contributed by atoms with Crippen molar-refractivity contribution in [3.8, 4) is 0 Å². The number of nitrogen functional groups attached to an aromatic ring is 1. The van der Waals surface area contributed by atoms with Crippen LogP contribution in [-0.4, -0.2) is 75.2 Å². The molecule has 1 fully saturated rings. The van der Waals surface area contributed by atoms with Crippen LogP contribution in [0.2, 0.25) is 0 Å². The average Bonchev–Trinajstić information content (AvgIpc) is 3.13. The van der Waals surface area contributed by atoms with E-state index >= 15 is 0 Å². The van der Waals surface area contributed by atoms with Gasteiger partial charge in [-0.1, -0.05) is 5.16 Å². The van der Waals surface area contributed by atoms with Crippen LogP contribution in [0, 0.1) is 0 Å². The first kappa shape index (κ1) is 24.7. The Morgan fingerprint density at radius 2 is 2.19 bits per heavy atom. The number of thioether (sulfide) groups is 1. The van der Waals surface area contributed by atoms with Crippen molar-refractivity contribution in [3.63, 3.8) is 0 Å². The number of nitrogens with zero attached hydrogens (tertiary/aromatic N) is 3. The molecule has 1 aromatic rings. The molecular formula is C16H17N6NaO7S. The summed E-state index contributed by atoms with van der Waals surface area (Å²) in [7, 11) is 1.24. The Kier molecular flexibility index (Phi) is 8.11. The van der Waals surface area contributed by atoms with Crippen molar-refractivity contribution in [2.75, 3.05) is 25.2 Å². The number of β-lactam (4-membered cyclic amide) rings is 1. The van der Waals surface area contributed by atoms with Gasteiger partial charge in [-0.25, -0.2) is 4.98 Å². The third-order valence-corrected chi connectivity index (χ3v) is 5.56. The summed E-state index contributed by atoms with van der Waals surface area (Å²) in [5.74, 6) is -3.33. The van der Waals surface area contributed by atoms with Gasteiger partial charge in [-0.2, -0.15) is 0 Å². The summed E-state index contributed by atoms with van der Waals surface area (Å²) in [4.78, 5) is 59.9. The van der Waals surface area contributed by atoms with Gasteiger partial charge in [-0.3, -0.25) is 19.3 Å². The molecule has 3 heterocycles. The number of nitrogens with one attached hydrogen (secondary N) is 2. The average molecular weight is 460 g/mol. The zero-order valence-electron chi connectivity index (χ0n) is 16.8. The number of fused-ring (bicyclic) bond motifs is 1. The van der Waals surface area contributed by atoms with Crippen LogP contribution in [-0.2, 0) is 28.8 Å². The molecule has 2 aliphatic heterocycles. The molecule has 2 aliphatic rings. The van der Waals surface area contributed by atoms with E-state index in [9.17, 15) is 24.3 Å². The van der Waals surface area contributed by atoms with Crippen molar-refractivity contribution in [3.05, 3.63) is 23.2 Å². The Hall–Kier alpha value is -2.55. The number of rotatable bonds is 7. The Bertz CT molecular complexity index is 977. The Balaban J connectivity index is 0.00000341. The van der Waals surface area contributed by atoms with Gasteiger partial charge in [0.1, 0.15) is 25.1 Å². The molecule has 0 bridgehead atoms. The van der Waals surface area contributed by atoms with Crippen LogP contribution in [0.1, 0.15) is 12.6 Å². The molecule has 4 N–H and O–H groups in total. The summed E-state index contributed by atoms with van der Waals surface area (Å²) in [6.45, 7) is 0.913. The molecule has 0 aromatic carbocycles. The third-order valence-electron chi connectivity index (χ3n) is 4.23. The molecule has 2 amide bonds. The summed E-state index contributed by atoms with van der Waals surface area (Å²) in [5.41, 5.74) is 5.36. The monoisotopic (exact) mass is 460 g/mol. The zero-order valence-corrected chi connectivity index (χ0v) is 19.6. The van der Waals surface area contributed by atoms with Crippen molar-refractivity contribution in [1.29, 1.82) is 0 Å². The fraction of sp³-hybridized carbons (Fsp3) is 0.375. The number of H-pyrrole nitrogens is 1. The summed E-state index contributed by atoms with van der Waals surface area (Å²) < 4.78 is 4.85. The second-order valence-corrected chi connectivity index (χ2v) is 7.29. The predicted octanol–water partition coefficient (Wildman–Crippen LogP) is -5.69. The molecule has 1 saturated heterocycles. The van der Waals surface area contributed by atoms with Gasteiger partial charge in [0.2, 0.25) is 0 Å². The third kappa shape index (κ3) is 5.03. The van der Waals surface area contributed by atoms with Gasteiger partial charge < -0.3 is 35.5 Å². The van der Waals surface area contributed by atoms with E-state index in [0.717, 1.165) is 4.90 Å². The number of carbonyl (C=O) groups excluding carboxylic acids is 4. The first-order chi connectivity index (χ1) is 14.2. The first-order valence-electron chi connectivity index (χ1n) is 8.48. The molecule has 0 radical (unpaired) electrons. The molecular weight excluding hydrogens is 443 g/mol. The van der Waals surface area contributed by atoms with Crippen molar-refractivity contribution in [2.45, 2.75) is 18.3 Å². The molecule has 0 aliphatic carbocycles. The minimum Gasteiger partial charge on any atom is -0.543 e.